The second-order valence-electron chi connectivity index (χ2n) is 5.43. The Morgan fingerprint density at radius 2 is 1.65 bits per heavy atom. The van der Waals surface area contributed by atoms with Crippen molar-refractivity contribution in [2.24, 2.45) is 0 Å². The van der Waals surface area contributed by atoms with Crippen molar-refractivity contribution in [2.75, 3.05) is 0 Å². The van der Waals surface area contributed by atoms with Crippen LogP contribution < -0.4 is 0 Å². The maximum atomic E-state index is 12.8. The minimum absolute atomic E-state index is 0.165. The fourth-order valence-electron chi connectivity index (χ4n) is 3.21. The zero-order valence-electron chi connectivity index (χ0n) is 11.3. The monoisotopic (exact) mass is 258 g/mol. The third-order valence-electron chi connectivity index (χ3n) is 4.24. The van der Waals surface area contributed by atoms with Gasteiger partial charge in [0.05, 0.1) is 0 Å². The van der Waals surface area contributed by atoms with E-state index in [1.54, 1.807) is 0 Å². The maximum Gasteiger partial charge on any atom is 0.194 e. The third kappa shape index (κ3) is 1.47. The van der Waals surface area contributed by atoms with Crippen LogP contribution in [-0.2, 0) is 6.42 Å². The molecule has 0 atom stereocenters. The van der Waals surface area contributed by atoms with Gasteiger partial charge in [-0.15, -0.1) is 0 Å². The van der Waals surface area contributed by atoms with Crippen molar-refractivity contribution in [1.82, 2.24) is 0 Å². The molecule has 0 saturated carbocycles. The van der Waals surface area contributed by atoms with Crippen molar-refractivity contribution in [3.63, 3.8) is 0 Å². The molecular weight excluding hydrogens is 244 g/mol. The Bertz CT molecular complexity index is 859. The zero-order chi connectivity index (χ0) is 13.7. The third-order valence-corrected chi connectivity index (χ3v) is 4.24. The van der Waals surface area contributed by atoms with E-state index in [1.165, 1.54) is 10.9 Å². The van der Waals surface area contributed by atoms with E-state index in [2.05, 4.69) is 37.3 Å². The quantitative estimate of drug-likeness (QED) is 0.460. The summed E-state index contributed by atoms with van der Waals surface area (Å²) in [5.74, 6) is 0.165. The van der Waals surface area contributed by atoms with Gasteiger partial charge in [-0.2, -0.15) is 0 Å². The zero-order valence-corrected chi connectivity index (χ0v) is 11.3. The van der Waals surface area contributed by atoms with E-state index in [0.717, 1.165) is 34.1 Å². The number of carbonyl (C=O) groups is 1. The molecular formula is C19H14O. The first kappa shape index (κ1) is 11.4. The largest absolute Gasteiger partial charge is 0.289 e. The summed E-state index contributed by atoms with van der Waals surface area (Å²) in [5, 5.41) is 2.26. The van der Waals surface area contributed by atoms with Crippen LogP contribution in [0.3, 0.4) is 0 Å². The predicted molar refractivity (Wildman–Crippen MR) is 81.4 cm³/mol. The van der Waals surface area contributed by atoms with E-state index in [-0.39, 0.29) is 5.78 Å². The maximum absolute atomic E-state index is 12.8. The first-order chi connectivity index (χ1) is 9.75. The smallest absolute Gasteiger partial charge is 0.194 e. The molecule has 0 amide bonds. The highest BCUT2D eigenvalue weighted by molar-refractivity contribution is 6.19. The number of carbonyl (C=O) groups excluding carboxylic acids is 1. The highest BCUT2D eigenvalue weighted by atomic mass is 16.1. The molecule has 0 radical (unpaired) electrons. The van der Waals surface area contributed by atoms with Crippen molar-refractivity contribution in [1.29, 1.82) is 0 Å². The first-order valence-electron chi connectivity index (χ1n) is 6.89. The Labute approximate surface area is 117 Å². The Morgan fingerprint density at radius 3 is 2.55 bits per heavy atom. The lowest BCUT2D eigenvalue weighted by Crippen LogP contribution is -2.15. The van der Waals surface area contributed by atoms with E-state index < -0.39 is 0 Å². The molecule has 0 spiro atoms. The Hall–Kier alpha value is -2.41. The molecule has 0 fully saturated rings. The second kappa shape index (κ2) is 4.04. The molecule has 0 aromatic heterocycles. The molecule has 1 aliphatic rings. The van der Waals surface area contributed by atoms with Crippen LogP contribution in [0, 0.1) is 6.92 Å². The van der Waals surface area contributed by atoms with Gasteiger partial charge in [0.25, 0.3) is 0 Å². The van der Waals surface area contributed by atoms with Crippen LogP contribution in [0.25, 0.3) is 10.8 Å². The highest BCUT2D eigenvalue weighted by Gasteiger charge is 2.24. The Kier molecular flexibility index (Phi) is 2.31. The number of ketones is 1. The van der Waals surface area contributed by atoms with Crippen molar-refractivity contribution in [2.45, 2.75) is 13.3 Å². The summed E-state index contributed by atoms with van der Waals surface area (Å²) >= 11 is 0. The molecule has 0 saturated heterocycles. The van der Waals surface area contributed by atoms with Crippen LogP contribution >= 0.6 is 0 Å². The molecule has 1 heteroatoms. The lowest BCUT2D eigenvalue weighted by atomic mass is 9.82. The number of rotatable bonds is 0. The molecule has 0 unspecified atom stereocenters. The van der Waals surface area contributed by atoms with Gasteiger partial charge in [-0.05, 0) is 40.8 Å². The van der Waals surface area contributed by atoms with Gasteiger partial charge in [0.1, 0.15) is 0 Å². The van der Waals surface area contributed by atoms with Gasteiger partial charge in [0.2, 0.25) is 0 Å². The summed E-state index contributed by atoms with van der Waals surface area (Å²) in [4.78, 5) is 12.8. The van der Waals surface area contributed by atoms with Crippen molar-refractivity contribution in [3.05, 3.63) is 82.4 Å². The highest BCUT2D eigenvalue weighted by Crippen LogP contribution is 2.33. The first-order valence-corrected chi connectivity index (χ1v) is 6.89. The van der Waals surface area contributed by atoms with Crippen LogP contribution in [-0.4, -0.2) is 5.78 Å². The van der Waals surface area contributed by atoms with E-state index in [4.69, 9.17) is 0 Å². The minimum atomic E-state index is 0.165. The molecule has 3 aromatic rings. The molecule has 0 N–H and O–H groups in total. The number of fused-ring (bicyclic) bond motifs is 4. The fourth-order valence-corrected chi connectivity index (χ4v) is 3.21. The molecule has 0 heterocycles. The number of benzene rings is 3. The molecule has 0 aliphatic heterocycles. The van der Waals surface area contributed by atoms with Gasteiger partial charge < -0.3 is 0 Å². The second-order valence-corrected chi connectivity index (χ2v) is 5.43. The average Bonchev–Trinajstić information content (AvgIpc) is 2.47. The van der Waals surface area contributed by atoms with Gasteiger partial charge >= 0.3 is 0 Å². The molecule has 96 valence electrons. The summed E-state index contributed by atoms with van der Waals surface area (Å²) < 4.78 is 0. The van der Waals surface area contributed by atoms with Gasteiger partial charge in [-0.25, -0.2) is 0 Å². The van der Waals surface area contributed by atoms with Gasteiger partial charge in [-0.1, -0.05) is 54.6 Å². The van der Waals surface area contributed by atoms with E-state index in [9.17, 15) is 4.79 Å². The number of hydrogen-bond acceptors (Lipinski definition) is 1. The van der Waals surface area contributed by atoms with Crippen molar-refractivity contribution < 1.29 is 4.79 Å². The predicted octanol–water partition coefficient (Wildman–Crippen LogP) is 4.28. The van der Waals surface area contributed by atoms with Crippen molar-refractivity contribution in [3.8, 4) is 0 Å². The normalized spacial score (nSPS) is 13.2. The van der Waals surface area contributed by atoms with E-state index in [1.807, 2.05) is 24.3 Å². The van der Waals surface area contributed by atoms with Crippen LogP contribution in [0.5, 0.6) is 0 Å². The standard InChI is InChI=1S/C19H14O/c1-12-5-4-8-17-15(12)10-9-14-11-13-6-2-3-7-16(13)19(20)18(14)17/h2-10H,11H2,1H3. The summed E-state index contributed by atoms with van der Waals surface area (Å²) in [5.41, 5.74) is 5.25. The SMILES string of the molecule is Cc1cccc2c3c(ccc12)Cc1ccccc1C3=O. The number of aryl methyl sites for hydroxylation is 1. The summed E-state index contributed by atoms with van der Waals surface area (Å²) in [6.07, 6.45) is 0.848. The minimum Gasteiger partial charge on any atom is -0.289 e. The summed E-state index contributed by atoms with van der Waals surface area (Å²) in [6.45, 7) is 2.09. The van der Waals surface area contributed by atoms with Gasteiger partial charge in [-0.3, -0.25) is 4.79 Å². The van der Waals surface area contributed by atoms with E-state index in [0.29, 0.717) is 0 Å². The van der Waals surface area contributed by atoms with Crippen LogP contribution in [0.4, 0.5) is 0 Å². The topological polar surface area (TPSA) is 17.1 Å². The molecule has 3 aromatic carbocycles. The number of hydrogen-bond donors (Lipinski definition) is 0. The Morgan fingerprint density at radius 1 is 0.800 bits per heavy atom. The lowest BCUT2D eigenvalue weighted by molar-refractivity contribution is 0.103. The average molecular weight is 258 g/mol. The molecule has 0 bridgehead atoms. The van der Waals surface area contributed by atoms with Crippen LogP contribution in [0.1, 0.15) is 32.6 Å². The molecule has 4 rings (SSSR count). The van der Waals surface area contributed by atoms with Gasteiger partial charge in [0.15, 0.2) is 5.78 Å². The Balaban J connectivity index is 2.07. The van der Waals surface area contributed by atoms with Crippen LogP contribution in [0.15, 0.2) is 54.6 Å². The fraction of sp³-hybridized carbons (Fsp3) is 0.105. The van der Waals surface area contributed by atoms with Crippen LogP contribution in [0.2, 0.25) is 0 Å². The molecule has 1 aliphatic carbocycles. The van der Waals surface area contributed by atoms with Gasteiger partial charge in [0, 0.05) is 11.1 Å². The summed E-state index contributed by atoms with van der Waals surface area (Å²) in [7, 11) is 0. The molecule has 20 heavy (non-hydrogen) atoms. The summed E-state index contributed by atoms with van der Waals surface area (Å²) in [6, 6.07) is 18.4. The van der Waals surface area contributed by atoms with E-state index >= 15 is 0 Å². The lowest BCUT2D eigenvalue weighted by Gasteiger charge is -2.20. The van der Waals surface area contributed by atoms with Crippen molar-refractivity contribution >= 4 is 16.6 Å². The molecule has 1 nitrogen and oxygen atoms in total.